The molecule has 0 fully saturated rings. The van der Waals surface area contributed by atoms with Crippen molar-refractivity contribution < 1.29 is 14.3 Å². The predicted octanol–water partition coefficient (Wildman–Crippen LogP) is 4.37. The van der Waals surface area contributed by atoms with Crippen molar-refractivity contribution in [1.82, 2.24) is 0 Å². The molecule has 0 aliphatic rings. The minimum atomic E-state index is -1.81. The maximum atomic E-state index is 9.09. The molecular weight excluding hydrogens is 292 g/mol. The zero-order valence-corrected chi connectivity index (χ0v) is 15.8. The summed E-state index contributed by atoms with van der Waals surface area (Å²) in [4.78, 5) is 0. The van der Waals surface area contributed by atoms with E-state index in [1.165, 1.54) is 5.56 Å². The van der Waals surface area contributed by atoms with Crippen LogP contribution >= 0.6 is 0 Å². The highest BCUT2D eigenvalue weighted by atomic mass is 28.4. The molecule has 0 bridgehead atoms. The lowest BCUT2D eigenvalue weighted by molar-refractivity contribution is 0.0276. The maximum Gasteiger partial charge on any atom is 0.192 e. The minimum Gasteiger partial charge on any atom is -0.412 e. The van der Waals surface area contributed by atoms with Crippen molar-refractivity contribution in [3.63, 3.8) is 0 Å². The van der Waals surface area contributed by atoms with Gasteiger partial charge in [0.05, 0.1) is 19.3 Å². The summed E-state index contributed by atoms with van der Waals surface area (Å²) in [5.74, 6) is 0. The Morgan fingerprint density at radius 3 is 2.32 bits per heavy atom. The molecule has 0 saturated carbocycles. The molecule has 0 amide bonds. The van der Waals surface area contributed by atoms with Crippen LogP contribution in [0, 0.1) is 0 Å². The van der Waals surface area contributed by atoms with Gasteiger partial charge in [-0.3, -0.25) is 0 Å². The Balaban J connectivity index is 2.53. The number of ether oxygens (including phenoxy) is 1. The fourth-order valence-electron chi connectivity index (χ4n) is 1.97. The maximum absolute atomic E-state index is 9.09. The molecule has 1 aromatic carbocycles. The quantitative estimate of drug-likeness (QED) is 0.686. The molecular formula is C18H32O3Si. The first-order valence-electron chi connectivity index (χ1n) is 8.16. The van der Waals surface area contributed by atoms with Gasteiger partial charge in [0, 0.05) is 6.61 Å². The molecule has 0 radical (unpaired) electrons. The van der Waals surface area contributed by atoms with Gasteiger partial charge in [0.25, 0.3) is 0 Å². The Hall–Kier alpha value is -0.683. The highest BCUT2D eigenvalue weighted by molar-refractivity contribution is 6.74. The third kappa shape index (κ3) is 6.61. The third-order valence-corrected chi connectivity index (χ3v) is 8.90. The standard InChI is InChI=1S/C18H32O3Si/c1-18(2,3)22(4,5)21-17(12-9-13-19)15-20-14-16-10-7-6-8-11-16/h6-8,10-11,17,19H,9,12-15H2,1-5H3/t17-/m1/s1. The molecule has 0 unspecified atom stereocenters. The van der Waals surface area contributed by atoms with Gasteiger partial charge >= 0.3 is 0 Å². The molecule has 3 nitrogen and oxygen atoms in total. The van der Waals surface area contributed by atoms with Gasteiger partial charge in [0.15, 0.2) is 8.32 Å². The van der Waals surface area contributed by atoms with Gasteiger partial charge < -0.3 is 14.3 Å². The van der Waals surface area contributed by atoms with Crippen LogP contribution in [-0.4, -0.2) is 32.7 Å². The molecule has 1 N–H and O–H groups in total. The molecule has 1 aromatic rings. The van der Waals surface area contributed by atoms with Crippen LogP contribution in [0.15, 0.2) is 30.3 Å². The van der Waals surface area contributed by atoms with Crippen LogP contribution in [-0.2, 0) is 15.8 Å². The van der Waals surface area contributed by atoms with Gasteiger partial charge in [0.2, 0.25) is 0 Å². The van der Waals surface area contributed by atoms with E-state index in [4.69, 9.17) is 14.3 Å². The number of rotatable bonds is 9. The summed E-state index contributed by atoms with van der Waals surface area (Å²) in [6, 6.07) is 10.2. The number of aliphatic hydroxyl groups is 1. The average molecular weight is 325 g/mol. The first kappa shape index (κ1) is 19.4. The second-order valence-electron chi connectivity index (χ2n) is 7.37. The van der Waals surface area contributed by atoms with Crippen molar-refractivity contribution in [1.29, 1.82) is 0 Å². The van der Waals surface area contributed by atoms with Crippen molar-refractivity contribution in [3.05, 3.63) is 35.9 Å². The molecule has 0 spiro atoms. The van der Waals surface area contributed by atoms with E-state index in [0.717, 1.165) is 12.8 Å². The SMILES string of the molecule is CC(C)(C)[Si](C)(C)O[C@H](CCCO)COCc1ccccc1. The summed E-state index contributed by atoms with van der Waals surface area (Å²) in [6.07, 6.45) is 1.67. The highest BCUT2D eigenvalue weighted by Gasteiger charge is 2.39. The Labute approximate surface area is 136 Å². The average Bonchev–Trinajstić information content (AvgIpc) is 2.44. The van der Waals surface area contributed by atoms with E-state index in [9.17, 15) is 0 Å². The lowest BCUT2D eigenvalue weighted by Crippen LogP contribution is -2.45. The number of benzene rings is 1. The van der Waals surface area contributed by atoms with Crippen LogP contribution < -0.4 is 0 Å². The second-order valence-corrected chi connectivity index (χ2v) is 12.1. The van der Waals surface area contributed by atoms with Crippen molar-refractivity contribution in [2.24, 2.45) is 0 Å². The zero-order valence-electron chi connectivity index (χ0n) is 14.8. The van der Waals surface area contributed by atoms with Crippen LogP contribution in [0.4, 0.5) is 0 Å². The lowest BCUT2D eigenvalue weighted by Gasteiger charge is -2.39. The van der Waals surface area contributed by atoms with E-state index < -0.39 is 8.32 Å². The summed E-state index contributed by atoms with van der Waals surface area (Å²) < 4.78 is 12.3. The fourth-order valence-corrected chi connectivity index (χ4v) is 3.34. The van der Waals surface area contributed by atoms with Gasteiger partial charge in [-0.25, -0.2) is 0 Å². The topological polar surface area (TPSA) is 38.7 Å². The molecule has 1 rings (SSSR count). The van der Waals surface area contributed by atoms with Gasteiger partial charge in [-0.05, 0) is 36.5 Å². The van der Waals surface area contributed by atoms with E-state index >= 15 is 0 Å². The molecule has 0 heterocycles. The number of aliphatic hydroxyl groups excluding tert-OH is 1. The summed E-state index contributed by atoms with van der Waals surface area (Å²) >= 11 is 0. The highest BCUT2D eigenvalue weighted by Crippen LogP contribution is 2.37. The van der Waals surface area contributed by atoms with E-state index in [1.54, 1.807) is 0 Å². The van der Waals surface area contributed by atoms with Crippen LogP contribution in [0.2, 0.25) is 18.1 Å². The van der Waals surface area contributed by atoms with Gasteiger partial charge in [-0.2, -0.15) is 0 Å². The van der Waals surface area contributed by atoms with Gasteiger partial charge in [-0.15, -0.1) is 0 Å². The number of hydrogen-bond donors (Lipinski definition) is 1. The molecule has 1 atom stereocenters. The predicted molar refractivity (Wildman–Crippen MR) is 94.5 cm³/mol. The molecule has 0 aromatic heterocycles. The van der Waals surface area contributed by atoms with Crippen LogP contribution in [0.5, 0.6) is 0 Å². The van der Waals surface area contributed by atoms with E-state index in [1.807, 2.05) is 18.2 Å². The third-order valence-electron chi connectivity index (χ3n) is 4.37. The van der Waals surface area contributed by atoms with Gasteiger partial charge in [-0.1, -0.05) is 51.1 Å². The normalized spacial score (nSPS) is 14.1. The lowest BCUT2D eigenvalue weighted by atomic mass is 10.2. The van der Waals surface area contributed by atoms with Crippen molar-refractivity contribution in [2.45, 2.75) is 64.5 Å². The molecule has 4 heteroatoms. The van der Waals surface area contributed by atoms with Gasteiger partial charge in [0.1, 0.15) is 0 Å². The van der Waals surface area contributed by atoms with Crippen LogP contribution in [0.25, 0.3) is 0 Å². The Bertz CT molecular complexity index is 412. The van der Waals surface area contributed by atoms with E-state index in [-0.39, 0.29) is 17.7 Å². The first-order valence-corrected chi connectivity index (χ1v) is 11.1. The van der Waals surface area contributed by atoms with Crippen molar-refractivity contribution >= 4 is 8.32 Å². The molecule has 0 aliphatic heterocycles. The Morgan fingerprint density at radius 1 is 1.14 bits per heavy atom. The smallest absolute Gasteiger partial charge is 0.192 e. The molecule has 0 saturated heterocycles. The summed E-state index contributed by atoms with van der Waals surface area (Å²) in [5.41, 5.74) is 1.18. The summed E-state index contributed by atoms with van der Waals surface area (Å²) in [6.45, 7) is 12.6. The van der Waals surface area contributed by atoms with E-state index in [2.05, 4.69) is 46.0 Å². The van der Waals surface area contributed by atoms with Crippen molar-refractivity contribution in [2.75, 3.05) is 13.2 Å². The molecule has 126 valence electrons. The fraction of sp³-hybridized carbons (Fsp3) is 0.667. The summed E-state index contributed by atoms with van der Waals surface area (Å²) in [5, 5.41) is 9.28. The second kappa shape index (κ2) is 8.82. The monoisotopic (exact) mass is 324 g/mol. The number of hydrogen-bond acceptors (Lipinski definition) is 3. The zero-order chi connectivity index (χ0) is 16.6. The minimum absolute atomic E-state index is 0.0664. The largest absolute Gasteiger partial charge is 0.412 e. The Morgan fingerprint density at radius 2 is 1.77 bits per heavy atom. The first-order chi connectivity index (χ1) is 10.3. The van der Waals surface area contributed by atoms with Crippen molar-refractivity contribution in [3.8, 4) is 0 Å². The summed E-state index contributed by atoms with van der Waals surface area (Å²) in [7, 11) is -1.81. The van der Waals surface area contributed by atoms with Crippen LogP contribution in [0.1, 0.15) is 39.2 Å². The molecule has 0 aliphatic carbocycles. The van der Waals surface area contributed by atoms with Crippen LogP contribution in [0.3, 0.4) is 0 Å². The Kier molecular flexibility index (Phi) is 7.76. The molecule has 22 heavy (non-hydrogen) atoms. The van der Waals surface area contributed by atoms with E-state index in [0.29, 0.717) is 13.2 Å².